The van der Waals surface area contributed by atoms with E-state index < -0.39 is 5.60 Å². The highest BCUT2D eigenvalue weighted by molar-refractivity contribution is 5.99. The predicted octanol–water partition coefficient (Wildman–Crippen LogP) is 0.815. The van der Waals surface area contributed by atoms with Crippen molar-refractivity contribution >= 4 is 11.6 Å². The van der Waals surface area contributed by atoms with Gasteiger partial charge in [-0.25, -0.2) is 0 Å². The lowest BCUT2D eigenvalue weighted by Gasteiger charge is -2.26. The monoisotopic (exact) mass is 237 g/mol. The minimum Gasteiger partial charge on any atom is -0.389 e. The Morgan fingerprint density at radius 3 is 2.59 bits per heavy atom. The molecule has 0 radical (unpaired) electrons. The van der Waals surface area contributed by atoms with Crippen LogP contribution in [-0.4, -0.2) is 35.1 Å². The summed E-state index contributed by atoms with van der Waals surface area (Å²) in [6, 6.07) is 6.98. The standard InChI is InChI=1S/C12H19N3O2/c1-12(2,17)8-15(3)11(16)9-6-4-5-7-10(9)14-13/h4-7,14,17H,8,13H2,1-3H3. The Labute approximate surface area is 101 Å². The second-order valence-corrected chi connectivity index (χ2v) is 4.66. The van der Waals surface area contributed by atoms with Gasteiger partial charge in [-0.1, -0.05) is 12.1 Å². The van der Waals surface area contributed by atoms with Crippen LogP contribution in [0.4, 0.5) is 5.69 Å². The third-order valence-electron chi connectivity index (χ3n) is 2.28. The number of likely N-dealkylation sites (N-methyl/N-ethyl adjacent to an activating group) is 1. The molecule has 5 heteroatoms. The predicted molar refractivity (Wildman–Crippen MR) is 67.5 cm³/mol. The first-order valence-corrected chi connectivity index (χ1v) is 5.38. The summed E-state index contributed by atoms with van der Waals surface area (Å²) < 4.78 is 0. The molecule has 94 valence electrons. The Kier molecular flexibility index (Phi) is 4.09. The molecule has 4 N–H and O–H groups in total. The lowest BCUT2D eigenvalue weighted by Crippen LogP contribution is -2.40. The zero-order chi connectivity index (χ0) is 13.1. The Hall–Kier alpha value is -1.59. The van der Waals surface area contributed by atoms with Gasteiger partial charge in [-0.2, -0.15) is 0 Å². The van der Waals surface area contributed by atoms with Crippen LogP contribution in [0.15, 0.2) is 24.3 Å². The molecule has 1 rings (SSSR count). The van der Waals surface area contributed by atoms with Crippen molar-refractivity contribution in [2.75, 3.05) is 19.0 Å². The van der Waals surface area contributed by atoms with E-state index in [4.69, 9.17) is 5.84 Å². The highest BCUT2D eigenvalue weighted by Crippen LogP contribution is 2.16. The number of amides is 1. The molecule has 0 bridgehead atoms. The van der Waals surface area contributed by atoms with Crippen LogP contribution in [0.3, 0.4) is 0 Å². The Morgan fingerprint density at radius 1 is 1.47 bits per heavy atom. The maximum Gasteiger partial charge on any atom is 0.255 e. The molecule has 5 nitrogen and oxygen atoms in total. The summed E-state index contributed by atoms with van der Waals surface area (Å²) in [6.45, 7) is 3.57. The molecule has 0 aromatic heterocycles. The molecule has 0 saturated heterocycles. The average Bonchev–Trinajstić information content (AvgIpc) is 2.25. The second kappa shape index (κ2) is 5.16. The molecular formula is C12H19N3O2. The molecule has 1 aromatic carbocycles. The molecule has 0 aliphatic rings. The van der Waals surface area contributed by atoms with Crippen LogP contribution in [0.1, 0.15) is 24.2 Å². The Bertz CT molecular complexity index is 399. The smallest absolute Gasteiger partial charge is 0.255 e. The molecule has 0 atom stereocenters. The molecule has 0 unspecified atom stereocenters. The number of hydrogen-bond donors (Lipinski definition) is 3. The maximum atomic E-state index is 12.1. The molecule has 1 aromatic rings. The fourth-order valence-electron chi connectivity index (χ4n) is 1.65. The van der Waals surface area contributed by atoms with Gasteiger partial charge in [-0.15, -0.1) is 0 Å². The van der Waals surface area contributed by atoms with E-state index in [2.05, 4.69) is 5.43 Å². The first kappa shape index (κ1) is 13.5. The van der Waals surface area contributed by atoms with Crippen molar-refractivity contribution in [1.29, 1.82) is 0 Å². The number of aliphatic hydroxyl groups is 1. The van der Waals surface area contributed by atoms with E-state index in [0.29, 0.717) is 11.3 Å². The number of carbonyl (C=O) groups is 1. The fraction of sp³-hybridized carbons (Fsp3) is 0.417. The van der Waals surface area contributed by atoms with Gasteiger partial charge in [0.2, 0.25) is 0 Å². The van der Waals surface area contributed by atoms with E-state index in [9.17, 15) is 9.90 Å². The van der Waals surface area contributed by atoms with Gasteiger partial charge in [0.15, 0.2) is 0 Å². The minimum absolute atomic E-state index is 0.180. The zero-order valence-electron chi connectivity index (χ0n) is 10.4. The Morgan fingerprint density at radius 2 is 2.06 bits per heavy atom. The van der Waals surface area contributed by atoms with E-state index in [1.165, 1.54) is 4.90 Å². The normalized spacial score (nSPS) is 11.1. The highest BCUT2D eigenvalue weighted by Gasteiger charge is 2.21. The molecule has 0 fully saturated rings. The van der Waals surface area contributed by atoms with Gasteiger partial charge in [0.1, 0.15) is 0 Å². The summed E-state index contributed by atoms with van der Waals surface area (Å²) >= 11 is 0. The molecule has 0 aliphatic heterocycles. The number of para-hydroxylation sites is 1. The molecule has 1 amide bonds. The molecule has 0 spiro atoms. The van der Waals surface area contributed by atoms with E-state index in [-0.39, 0.29) is 12.5 Å². The van der Waals surface area contributed by atoms with Crippen LogP contribution in [0.5, 0.6) is 0 Å². The van der Waals surface area contributed by atoms with Gasteiger partial charge in [0, 0.05) is 13.6 Å². The number of nitrogens with zero attached hydrogens (tertiary/aromatic N) is 1. The molecular weight excluding hydrogens is 218 g/mol. The van der Waals surface area contributed by atoms with E-state index in [1.807, 2.05) is 0 Å². The van der Waals surface area contributed by atoms with Crippen LogP contribution in [-0.2, 0) is 0 Å². The topological polar surface area (TPSA) is 78.6 Å². The first-order chi connectivity index (χ1) is 7.85. The minimum atomic E-state index is -0.921. The summed E-state index contributed by atoms with van der Waals surface area (Å²) in [6.07, 6.45) is 0. The van der Waals surface area contributed by atoms with E-state index in [1.54, 1.807) is 45.2 Å². The van der Waals surface area contributed by atoms with Crippen molar-refractivity contribution in [1.82, 2.24) is 4.90 Å². The number of nitrogens with two attached hydrogens (primary N) is 1. The third kappa shape index (κ3) is 3.72. The summed E-state index contributed by atoms with van der Waals surface area (Å²) in [5.41, 5.74) is 2.62. The van der Waals surface area contributed by atoms with Gasteiger partial charge >= 0.3 is 0 Å². The van der Waals surface area contributed by atoms with Crippen LogP contribution in [0.2, 0.25) is 0 Å². The summed E-state index contributed by atoms with van der Waals surface area (Å²) in [4.78, 5) is 13.6. The van der Waals surface area contributed by atoms with Crippen molar-refractivity contribution in [2.45, 2.75) is 19.4 Å². The maximum absolute atomic E-state index is 12.1. The molecule has 17 heavy (non-hydrogen) atoms. The quantitative estimate of drug-likeness (QED) is 0.535. The number of carbonyl (C=O) groups excluding carboxylic acids is 1. The number of nitrogen functional groups attached to an aromatic ring is 1. The first-order valence-electron chi connectivity index (χ1n) is 5.38. The van der Waals surface area contributed by atoms with Crippen LogP contribution >= 0.6 is 0 Å². The summed E-state index contributed by atoms with van der Waals surface area (Å²) in [5, 5.41) is 9.68. The largest absolute Gasteiger partial charge is 0.389 e. The summed E-state index contributed by atoms with van der Waals surface area (Å²) in [5.74, 6) is 5.17. The number of hydrazine groups is 1. The van der Waals surface area contributed by atoms with Crippen molar-refractivity contribution in [3.05, 3.63) is 29.8 Å². The number of rotatable bonds is 4. The average molecular weight is 237 g/mol. The fourth-order valence-corrected chi connectivity index (χ4v) is 1.65. The van der Waals surface area contributed by atoms with Gasteiger partial charge in [-0.05, 0) is 26.0 Å². The van der Waals surface area contributed by atoms with E-state index in [0.717, 1.165) is 0 Å². The molecule has 0 heterocycles. The molecule has 0 saturated carbocycles. The number of anilines is 1. The van der Waals surface area contributed by atoms with Crippen LogP contribution in [0.25, 0.3) is 0 Å². The van der Waals surface area contributed by atoms with Gasteiger partial charge in [0.05, 0.1) is 16.9 Å². The van der Waals surface area contributed by atoms with Crippen molar-refractivity contribution < 1.29 is 9.90 Å². The lowest BCUT2D eigenvalue weighted by molar-refractivity contribution is 0.0368. The van der Waals surface area contributed by atoms with Gasteiger partial charge < -0.3 is 15.4 Å². The zero-order valence-corrected chi connectivity index (χ0v) is 10.4. The third-order valence-corrected chi connectivity index (χ3v) is 2.28. The van der Waals surface area contributed by atoms with Gasteiger partial charge in [-0.3, -0.25) is 10.6 Å². The molecule has 0 aliphatic carbocycles. The number of hydrogen-bond acceptors (Lipinski definition) is 4. The number of nitrogens with one attached hydrogen (secondary N) is 1. The highest BCUT2D eigenvalue weighted by atomic mass is 16.3. The van der Waals surface area contributed by atoms with Crippen molar-refractivity contribution in [3.8, 4) is 0 Å². The van der Waals surface area contributed by atoms with Crippen molar-refractivity contribution in [2.24, 2.45) is 5.84 Å². The number of benzene rings is 1. The Balaban J connectivity index is 2.89. The van der Waals surface area contributed by atoms with Gasteiger partial charge in [0.25, 0.3) is 5.91 Å². The second-order valence-electron chi connectivity index (χ2n) is 4.66. The van der Waals surface area contributed by atoms with Crippen molar-refractivity contribution in [3.63, 3.8) is 0 Å². The lowest BCUT2D eigenvalue weighted by atomic mass is 10.1. The SMILES string of the molecule is CN(CC(C)(C)O)C(=O)c1ccccc1NN. The van der Waals surface area contributed by atoms with E-state index >= 15 is 0 Å². The van der Waals surface area contributed by atoms with Crippen LogP contribution < -0.4 is 11.3 Å². The summed E-state index contributed by atoms with van der Waals surface area (Å²) in [7, 11) is 1.65. The van der Waals surface area contributed by atoms with Crippen LogP contribution in [0, 0.1) is 0 Å².